The lowest BCUT2D eigenvalue weighted by Gasteiger charge is -2.41. The van der Waals surface area contributed by atoms with E-state index in [0.717, 1.165) is 161 Å². The fourth-order valence-electron chi connectivity index (χ4n) is 10.9. The molecule has 0 radical (unpaired) electrons. The molecule has 1 fully saturated rings. The van der Waals surface area contributed by atoms with Crippen molar-refractivity contribution in [1.29, 1.82) is 0 Å². The number of aliphatic hydroxyl groups is 5. The second-order valence-electron chi connectivity index (χ2n) is 25.3. The summed E-state index contributed by atoms with van der Waals surface area (Å²) in [5.74, 6) is -1.22. The molecule has 1 rings (SSSR count). The SMILES string of the molecule is CC/C=C\C/C=C\C/C=C\C/C=C\C/C=C\C/C=C\CCCCCCCC(O)C(=O)NC(COC1OC(CO)C(O)C(O)C1OC(=O)CCCCCCCCCCCCC/C=C\C/C=C\C/C=C\C/C=C\C/C=C\CC)C(O)/C=C/CCCCCCCCCCCCC. The minimum Gasteiger partial charge on any atom is -0.454 e. The molecule has 1 aliphatic heterocycles. The molecule has 0 aliphatic carbocycles. The summed E-state index contributed by atoms with van der Waals surface area (Å²) >= 11 is 0. The molecule has 530 valence electrons. The van der Waals surface area contributed by atoms with E-state index in [9.17, 15) is 35.1 Å². The van der Waals surface area contributed by atoms with Gasteiger partial charge in [-0.05, 0) is 122 Å². The molecule has 0 saturated carbocycles. The number of amides is 1. The minimum atomic E-state index is -1.63. The van der Waals surface area contributed by atoms with Crippen LogP contribution in [0.5, 0.6) is 0 Å². The van der Waals surface area contributed by atoms with E-state index in [0.29, 0.717) is 12.8 Å². The number of rotatable bonds is 63. The lowest BCUT2D eigenvalue weighted by atomic mass is 9.99. The van der Waals surface area contributed by atoms with Crippen molar-refractivity contribution in [3.8, 4) is 0 Å². The zero-order valence-electron chi connectivity index (χ0n) is 59.1. The van der Waals surface area contributed by atoms with E-state index in [1.807, 2.05) is 6.08 Å². The number of carbonyl (C=O) groups is 2. The number of esters is 1. The van der Waals surface area contributed by atoms with Crippen LogP contribution >= 0.6 is 0 Å². The van der Waals surface area contributed by atoms with Crippen LogP contribution in [0.3, 0.4) is 0 Å². The Labute approximate surface area is 568 Å². The van der Waals surface area contributed by atoms with Gasteiger partial charge in [-0.2, -0.15) is 0 Å². The van der Waals surface area contributed by atoms with Gasteiger partial charge in [-0.25, -0.2) is 0 Å². The van der Waals surface area contributed by atoms with Gasteiger partial charge in [0.1, 0.15) is 24.4 Å². The first kappa shape index (κ1) is 86.6. The van der Waals surface area contributed by atoms with Crippen LogP contribution in [0.4, 0.5) is 0 Å². The van der Waals surface area contributed by atoms with Crippen molar-refractivity contribution in [1.82, 2.24) is 5.32 Å². The first-order chi connectivity index (χ1) is 45.7. The van der Waals surface area contributed by atoms with Gasteiger partial charge in [0.25, 0.3) is 0 Å². The van der Waals surface area contributed by atoms with Crippen molar-refractivity contribution < 1.29 is 49.3 Å². The van der Waals surface area contributed by atoms with Crippen molar-refractivity contribution in [3.63, 3.8) is 0 Å². The molecular weight excluding hydrogens is 1160 g/mol. The van der Waals surface area contributed by atoms with E-state index in [2.05, 4.69) is 160 Å². The van der Waals surface area contributed by atoms with E-state index in [1.165, 1.54) is 89.9 Å². The second kappa shape index (κ2) is 67.5. The molecule has 93 heavy (non-hydrogen) atoms. The number of ether oxygens (including phenoxy) is 3. The maximum Gasteiger partial charge on any atom is 0.306 e. The fraction of sp³-hybridized carbons (Fsp3) is 0.683. The number of nitrogens with one attached hydrogen (secondary N) is 1. The lowest BCUT2D eigenvalue weighted by Crippen LogP contribution is -2.61. The second-order valence-corrected chi connectivity index (χ2v) is 25.3. The Hall–Kier alpha value is -4.46. The summed E-state index contributed by atoms with van der Waals surface area (Å²) < 4.78 is 17.7. The van der Waals surface area contributed by atoms with Crippen molar-refractivity contribution >= 4 is 11.9 Å². The quantitative estimate of drug-likeness (QED) is 0.0195. The minimum absolute atomic E-state index is 0.110. The average molecular weight is 1300 g/mol. The van der Waals surface area contributed by atoms with Gasteiger partial charge >= 0.3 is 5.97 Å². The van der Waals surface area contributed by atoms with Gasteiger partial charge in [-0.1, -0.05) is 314 Å². The van der Waals surface area contributed by atoms with Gasteiger partial charge in [0, 0.05) is 6.42 Å². The van der Waals surface area contributed by atoms with Gasteiger partial charge in [-0.15, -0.1) is 0 Å². The molecule has 0 spiro atoms. The van der Waals surface area contributed by atoms with Crippen LogP contribution in [-0.2, 0) is 23.8 Å². The van der Waals surface area contributed by atoms with Crippen LogP contribution in [-0.4, -0.2) is 99.6 Å². The Morgan fingerprint density at radius 2 is 0.774 bits per heavy atom. The molecule has 1 amide bonds. The van der Waals surface area contributed by atoms with Gasteiger partial charge in [0.2, 0.25) is 5.91 Å². The normalized spacial score (nSPS) is 18.7. The Morgan fingerprint density at radius 1 is 0.430 bits per heavy atom. The Bertz CT molecular complexity index is 2080. The Kier molecular flexibility index (Phi) is 62.8. The highest BCUT2D eigenvalue weighted by Crippen LogP contribution is 2.26. The number of aliphatic hydroxyl groups excluding tert-OH is 5. The van der Waals surface area contributed by atoms with Crippen LogP contribution in [0.25, 0.3) is 0 Å². The van der Waals surface area contributed by atoms with Crippen LogP contribution < -0.4 is 5.32 Å². The third kappa shape index (κ3) is 54.4. The maximum atomic E-state index is 13.5. The first-order valence-electron chi connectivity index (χ1n) is 37.6. The Balaban J connectivity index is 2.58. The highest BCUT2D eigenvalue weighted by molar-refractivity contribution is 5.80. The van der Waals surface area contributed by atoms with Crippen molar-refractivity contribution in [3.05, 3.63) is 146 Å². The molecule has 0 aromatic heterocycles. The van der Waals surface area contributed by atoms with Crippen LogP contribution in [0.15, 0.2) is 146 Å². The zero-order valence-corrected chi connectivity index (χ0v) is 59.1. The third-order valence-corrected chi connectivity index (χ3v) is 16.7. The van der Waals surface area contributed by atoms with Gasteiger partial charge in [0.15, 0.2) is 12.4 Å². The van der Waals surface area contributed by atoms with E-state index in [-0.39, 0.29) is 19.4 Å². The number of unbranched alkanes of at least 4 members (excludes halogenated alkanes) is 27. The molecule has 11 nitrogen and oxygen atoms in total. The number of hydrogen-bond donors (Lipinski definition) is 6. The lowest BCUT2D eigenvalue weighted by molar-refractivity contribution is -0.305. The molecule has 6 N–H and O–H groups in total. The molecule has 1 saturated heterocycles. The maximum absolute atomic E-state index is 13.5. The summed E-state index contributed by atoms with van der Waals surface area (Å²) in [4.78, 5) is 26.8. The summed E-state index contributed by atoms with van der Waals surface area (Å²) in [7, 11) is 0. The molecular formula is C82H137NO10. The van der Waals surface area contributed by atoms with Crippen LogP contribution in [0, 0.1) is 0 Å². The smallest absolute Gasteiger partial charge is 0.306 e. The molecule has 8 atom stereocenters. The van der Waals surface area contributed by atoms with Crippen molar-refractivity contribution in [2.24, 2.45) is 0 Å². The monoisotopic (exact) mass is 1300 g/mol. The highest BCUT2D eigenvalue weighted by atomic mass is 16.7. The third-order valence-electron chi connectivity index (χ3n) is 16.7. The molecule has 1 heterocycles. The first-order valence-corrected chi connectivity index (χ1v) is 37.6. The van der Waals surface area contributed by atoms with Crippen molar-refractivity contribution in [2.45, 2.75) is 346 Å². The van der Waals surface area contributed by atoms with Gasteiger partial charge in [0.05, 0.1) is 25.4 Å². The van der Waals surface area contributed by atoms with E-state index in [4.69, 9.17) is 14.2 Å². The fourth-order valence-corrected chi connectivity index (χ4v) is 10.9. The van der Waals surface area contributed by atoms with Crippen LogP contribution in [0.1, 0.15) is 297 Å². The molecule has 0 aromatic rings. The molecule has 11 heteroatoms. The summed E-state index contributed by atoms with van der Waals surface area (Å²) in [5.41, 5.74) is 0. The molecule has 1 aliphatic rings. The summed E-state index contributed by atoms with van der Waals surface area (Å²) in [5, 5.41) is 57.4. The zero-order chi connectivity index (χ0) is 67.4. The number of allylic oxidation sites excluding steroid dienone is 23. The predicted octanol–water partition coefficient (Wildman–Crippen LogP) is 20.1. The van der Waals surface area contributed by atoms with Gasteiger partial charge in [-0.3, -0.25) is 9.59 Å². The van der Waals surface area contributed by atoms with E-state index in [1.54, 1.807) is 6.08 Å². The topological polar surface area (TPSA) is 175 Å². The summed E-state index contributed by atoms with van der Waals surface area (Å²) in [6.07, 6.45) is 87.3. The number of carbonyl (C=O) groups excluding carboxylic acids is 2. The average Bonchev–Trinajstić information content (AvgIpc) is 0.918. The van der Waals surface area contributed by atoms with Crippen molar-refractivity contribution in [2.75, 3.05) is 13.2 Å². The molecule has 0 aromatic carbocycles. The largest absolute Gasteiger partial charge is 0.454 e. The molecule has 8 unspecified atom stereocenters. The number of hydrogen-bond acceptors (Lipinski definition) is 10. The van der Waals surface area contributed by atoms with Gasteiger partial charge < -0.3 is 45.1 Å². The Morgan fingerprint density at radius 3 is 1.16 bits per heavy atom. The molecule has 0 bridgehead atoms. The summed E-state index contributed by atoms with van der Waals surface area (Å²) in [6, 6.07) is -1.04. The van der Waals surface area contributed by atoms with Crippen LogP contribution in [0.2, 0.25) is 0 Å². The standard InChI is InChI=1S/C82H137NO10/c1-4-7-10-13-16-19-22-25-27-29-31-33-35-37-38-39-41-43-45-47-49-52-55-58-61-64-67-70-77(87)93-80-79(89)78(88)76(71-84)92-82(80)91-72-73(74(85)68-65-62-59-56-53-50-24-21-18-15-12-9-6-3)83-81(90)75(86)69-66-63-60-57-54-51-48-46-44-42-40-36-34-32-30-28-26-23-20-17-14-11-8-5-2/h7-8,10-11,16-17,19-20,25-28,31-34,37-38,40,42,46,48,65,68,73-76,78-80,82,84-86,88-89H,4-6,9,12-15,18,21-24,29-30,35-36,39,41,43-45,47,49-64,66-67,69-72H2,1-3H3,(H,83,90)/b10-7-,11-8-,19-16-,20-17-,27-25-,28-26-,33-31-,34-32-,38-37-,42-40-,48-46-,68-65+. The highest BCUT2D eigenvalue weighted by Gasteiger charge is 2.47. The van der Waals surface area contributed by atoms with E-state index < -0.39 is 67.4 Å². The van der Waals surface area contributed by atoms with E-state index >= 15 is 0 Å². The predicted molar refractivity (Wildman–Crippen MR) is 393 cm³/mol. The summed E-state index contributed by atoms with van der Waals surface area (Å²) in [6.45, 7) is 5.57.